The Balaban J connectivity index is 1.88. The van der Waals surface area contributed by atoms with Gasteiger partial charge >= 0.3 is 6.03 Å². The molecule has 2 aliphatic heterocycles. The third-order valence-electron chi connectivity index (χ3n) is 4.32. The first kappa shape index (κ1) is 13.6. The van der Waals surface area contributed by atoms with Crippen LogP contribution in [0.25, 0.3) is 0 Å². The third-order valence-corrected chi connectivity index (χ3v) is 5.42. The summed E-state index contributed by atoms with van der Waals surface area (Å²) in [6.07, 6.45) is 2.79. The molecule has 1 aromatic carbocycles. The highest BCUT2D eigenvalue weighted by molar-refractivity contribution is 7.99. The largest absolute Gasteiger partial charge is 0.330 e. The van der Waals surface area contributed by atoms with Gasteiger partial charge in [0.1, 0.15) is 5.03 Å². The molecule has 0 spiro atoms. The van der Waals surface area contributed by atoms with Gasteiger partial charge in [-0.05, 0) is 36.6 Å². The minimum atomic E-state index is -0.0514. The van der Waals surface area contributed by atoms with E-state index in [-0.39, 0.29) is 12.1 Å². The van der Waals surface area contributed by atoms with E-state index in [1.165, 1.54) is 5.56 Å². The molecule has 0 aliphatic carbocycles. The number of aryl methyl sites for hydroxylation is 2. The standard InChI is InChI=1S/C17H17N3OS/c1-3-11-4-5-13(10(2)8-11)20-14-6-7-18-16-15(14)12(9-22-16)19-17(20)21/h4-8,12H,3,9H2,1-2H3,(H,19,21). The van der Waals surface area contributed by atoms with Crippen molar-refractivity contribution in [3.8, 4) is 0 Å². The zero-order valence-electron chi connectivity index (χ0n) is 12.6. The second kappa shape index (κ2) is 5.02. The number of nitrogens with one attached hydrogen (secondary N) is 1. The molecule has 0 bridgehead atoms. The number of hydrogen-bond acceptors (Lipinski definition) is 3. The zero-order chi connectivity index (χ0) is 15.3. The van der Waals surface area contributed by atoms with Crippen molar-refractivity contribution in [1.29, 1.82) is 0 Å². The first-order chi connectivity index (χ1) is 10.7. The number of amides is 2. The van der Waals surface area contributed by atoms with Crippen molar-refractivity contribution in [1.82, 2.24) is 10.3 Å². The van der Waals surface area contributed by atoms with Gasteiger partial charge in [-0.25, -0.2) is 9.78 Å². The predicted molar refractivity (Wildman–Crippen MR) is 88.9 cm³/mol. The van der Waals surface area contributed by atoms with Crippen LogP contribution in [0.1, 0.15) is 29.7 Å². The van der Waals surface area contributed by atoms with Crippen LogP contribution in [0, 0.1) is 6.92 Å². The molecule has 1 unspecified atom stereocenters. The van der Waals surface area contributed by atoms with Crippen molar-refractivity contribution in [3.05, 3.63) is 47.2 Å². The minimum absolute atomic E-state index is 0.0514. The quantitative estimate of drug-likeness (QED) is 0.913. The highest BCUT2D eigenvalue weighted by atomic mass is 32.2. The van der Waals surface area contributed by atoms with E-state index in [2.05, 4.69) is 36.3 Å². The van der Waals surface area contributed by atoms with Crippen LogP contribution < -0.4 is 10.2 Å². The van der Waals surface area contributed by atoms with Gasteiger partial charge in [-0.1, -0.05) is 19.1 Å². The Morgan fingerprint density at radius 2 is 2.23 bits per heavy atom. The van der Waals surface area contributed by atoms with Gasteiger partial charge in [0.2, 0.25) is 0 Å². The second-order valence-electron chi connectivity index (χ2n) is 5.67. The van der Waals surface area contributed by atoms with Gasteiger partial charge in [-0.3, -0.25) is 4.90 Å². The topological polar surface area (TPSA) is 45.2 Å². The lowest BCUT2D eigenvalue weighted by Gasteiger charge is -2.33. The van der Waals surface area contributed by atoms with E-state index in [1.54, 1.807) is 22.9 Å². The van der Waals surface area contributed by atoms with Crippen LogP contribution in [0.3, 0.4) is 0 Å². The van der Waals surface area contributed by atoms with E-state index >= 15 is 0 Å². The minimum Gasteiger partial charge on any atom is -0.330 e. The maximum absolute atomic E-state index is 12.6. The number of carbonyl (C=O) groups is 1. The summed E-state index contributed by atoms with van der Waals surface area (Å²) in [4.78, 5) is 18.9. The van der Waals surface area contributed by atoms with Gasteiger partial charge in [0, 0.05) is 17.5 Å². The first-order valence-corrected chi connectivity index (χ1v) is 8.49. The van der Waals surface area contributed by atoms with Gasteiger partial charge in [0.25, 0.3) is 0 Å². The van der Waals surface area contributed by atoms with Gasteiger partial charge in [0.05, 0.1) is 17.4 Å². The Morgan fingerprint density at radius 1 is 1.36 bits per heavy atom. The number of thioether (sulfide) groups is 1. The van der Waals surface area contributed by atoms with Gasteiger partial charge in [-0.15, -0.1) is 11.8 Å². The van der Waals surface area contributed by atoms with E-state index in [4.69, 9.17) is 0 Å². The lowest BCUT2D eigenvalue weighted by atomic mass is 10.0. The normalized spacial score (nSPS) is 19.1. The third kappa shape index (κ3) is 1.92. The molecule has 4 rings (SSSR count). The lowest BCUT2D eigenvalue weighted by molar-refractivity contribution is 0.244. The predicted octanol–water partition coefficient (Wildman–Crippen LogP) is 3.96. The van der Waals surface area contributed by atoms with Crippen LogP contribution in [-0.4, -0.2) is 16.8 Å². The molecule has 1 atom stereocenters. The number of rotatable bonds is 2. The summed E-state index contributed by atoms with van der Waals surface area (Å²) in [5.74, 6) is 0.868. The number of carbonyl (C=O) groups excluding carboxylic acids is 1. The summed E-state index contributed by atoms with van der Waals surface area (Å²) < 4.78 is 0. The number of urea groups is 1. The molecule has 2 amide bonds. The number of nitrogens with zero attached hydrogens (tertiary/aromatic N) is 2. The number of pyridine rings is 1. The van der Waals surface area contributed by atoms with Crippen LogP contribution in [0.15, 0.2) is 35.5 Å². The molecule has 4 nitrogen and oxygen atoms in total. The van der Waals surface area contributed by atoms with Crippen LogP contribution in [-0.2, 0) is 6.42 Å². The average Bonchev–Trinajstić information content (AvgIpc) is 2.93. The molecule has 1 aromatic heterocycles. The molecule has 5 heteroatoms. The van der Waals surface area contributed by atoms with Crippen molar-refractivity contribution in [3.63, 3.8) is 0 Å². The molecule has 3 heterocycles. The van der Waals surface area contributed by atoms with E-state index in [0.717, 1.165) is 39.7 Å². The van der Waals surface area contributed by atoms with Crippen LogP contribution in [0.2, 0.25) is 0 Å². The van der Waals surface area contributed by atoms with Crippen LogP contribution >= 0.6 is 11.8 Å². The number of aromatic nitrogens is 1. The molecular weight excluding hydrogens is 294 g/mol. The summed E-state index contributed by atoms with van der Waals surface area (Å²) in [5, 5.41) is 4.14. The molecular formula is C17H17N3OS. The zero-order valence-corrected chi connectivity index (χ0v) is 13.4. The molecule has 0 saturated heterocycles. The van der Waals surface area contributed by atoms with E-state index < -0.39 is 0 Å². The molecule has 0 saturated carbocycles. The maximum atomic E-state index is 12.6. The second-order valence-corrected chi connectivity index (χ2v) is 6.68. The summed E-state index contributed by atoms with van der Waals surface area (Å²) in [5.41, 5.74) is 5.47. The summed E-state index contributed by atoms with van der Waals surface area (Å²) in [7, 11) is 0. The fourth-order valence-electron chi connectivity index (χ4n) is 3.19. The molecule has 22 heavy (non-hydrogen) atoms. The average molecular weight is 311 g/mol. The van der Waals surface area contributed by atoms with Crippen molar-refractivity contribution in [2.45, 2.75) is 31.3 Å². The molecule has 112 valence electrons. The van der Waals surface area contributed by atoms with E-state index in [0.29, 0.717) is 0 Å². The number of benzene rings is 1. The fraction of sp³-hybridized carbons (Fsp3) is 0.294. The van der Waals surface area contributed by atoms with Crippen molar-refractivity contribution in [2.75, 3.05) is 10.7 Å². The first-order valence-electron chi connectivity index (χ1n) is 7.51. The SMILES string of the molecule is CCc1ccc(N2C(=O)NC3CSc4nccc2c43)c(C)c1. The highest BCUT2D eigenvalue weighted by Gasteiger charge is 2.38. The molecule has 0 fully saturated rings. The summed E-state index contributed by atoms with van der Waals surface area (Å²) in [6, 6.07) is 8.28. The smallest absolute Gasteiger partial charge is 0.327 e. The van der Waals surface area contributed by atoms with Crippen LogP contribution in [0.5, 0.6) is 0 Å². The Kier molecular flexibility index (Phi) is 3.11. The Hall–Kier alpha value is -2.01. The van der Waals surface area contributed by atoms with Crippen molar-refractivity contribution >= 4 is 29.2 Å². The Bertz CT molecular complexity index is 774. The van der Waals surface area contributed by atoms with E-state index in [9.17, 15) is 4.79 Å². The monoisotopic (exact) mass is 311 g/mol. The maximum Gasteiger partial charge on any atom is 0.327 e. The van der Waals surface area contributed by atoms with Crippen LogP contribution in [0.4, 0.5) is 16.2 Å². The molecule has 1 N–H and O–H groups in total. The summed E-state index contributed by atoms with van der Waals surface area (Å²) in [6.45, 7) is 4.20. The van der Waals surface area contributed by atoms with Gasteiger partial charge in [0.15, 0.2) is 0 Å². The van der Waals surface area contributed by atoms with E-state index in [1.807, 2.05) is 12.1 Å². The van der Waals surface area contributed by atoms with Gasteiger partial charge in [-0.2, -0.15) is 0 Å². The molecule has 2 aliphatic rings. The van der Waals surface area contributed by atoms with Gasteiger partial charge < -0.3 is 5.32 Å². The Labute approximate surface area is 133 Å². The Morgan fingerprint density at radius 3 is 3.00 bits per heavy atom. The molecule has 2 aromatic rings. The lowest BCUT2D eigenvalue weighted by Crippen LogP contribution is -2.44. The molecule has 0 radical (unpaired) electrons. The van der Waals surface area contributed by atoms with Crippen molar-refractivity contribution in [2.24, 2.45) is 0 Å². The van der Waals surface area contributed by atoms with Crippen molar-refractivity contribution < 1.29 is 4.79 Å². The number of hydrogen-bond donors (Lipinski definition) is 1. The summed E-state index contributed by atoms with van der Waals surface area (Å²) >= 11 is 1.71. The number of anilines is 2. The fourth-order valence-corrected chi connectivity index (χ4v) is 4.30. The highest BCUT2D eigenvalue weighted by Crippen LogP contribution is 2.46.